The van der Waals surface area contributed by atoms with E-state index in [0.29, 0.717) is 12.0 Å². The molecule has 1 aromatic carbocycles. The zero-order valence-corrected chi connectivity index (χ0v) is 15.8. The summed E-state index contributed by atoms with van der Waals surface area (Å²) in [5, 5.41) is 18.8. The summed E-state index contributed by atoms with van der Waals surface area (Å²) in [6, 6.07) is 4.39. The molecule has 0 aliphatic carbocycles. The second kappa shape index (κ2) is 10.5. The predicted octanol–water partition coefficient (Wildman–Crippen LogP) is 6.05. The van der Waals surface area contributed by atoms with E-state index in [1.54, 1.807) is 0 Å². The Morgan fingerprint density at radius 3 is 2.16 bits per heavy atom. The number of phenolic OH excluding ortho intramolecular Hbond substituents is 1. The van der Waals surface area contributed by atoms with Crippen molar-refractivity contribution in [2.75, 3.05) is 0 Å². The quantitative estimate of drug-likeness (QED) is 0.537. The third-order valence-corrected chi connectivity index (χ3v) is 4.11. The van der Waals surface area contributed by atoms with Gasteiger partial charge in [-0.1, -0.05) is 34.9 Å². The second-order valence-electron chi connectivity index (χ2n) is 6.81. The highest BCUT2D eigenvalue weighted by Gasteiger charge is 2.09. The van der Waals surface area contributed by atoms with Gasteiger partial charge in [0.15, 0.2) is 0 Å². The number of carboxylic acid groups (broad SMARTS) is 1. The van der Waals surface area contributed by atoms with Crippen LogP contribution in [0.1, 0.15) is 69.3 Å². The molecule has 1 rings (SSSR count). The van der Waals surface area contributed by atoms with Crippen LogP contribution in [0.3, 0.4) is 0 Å². The standard InChI is InChI=1S/C22H30O3/c1-16(2)7-5-8-17(3)9-6-10-18(4)11-12-19-15-20(23)13-14-21(19)22(24)25/h7,9,11,13-15,23H,5-6,8,10,12H2,1-4H3,(H,24,25). The van der Waals surface area contributed by atoms with Crippen LogP contribution >= 0.6 is 0 Å². The third kappa shape index (κ3) is 8.39. The second-order valence-corrected chi connectivity index (χ2v) is 6.81. The summed E-state index contributed by atoms with van der Waals surface area (Å²) in [4.78, 5) is 11.2. The van der Waals surface area contributed by atoms with E-state index in [1.165, 1.54) is 34.9 Å². The van der Waals surface area contributed by atoms with Gasteiger partial charge in [-0.25, -0.2) is 4.79 Å². The summed E-state index contributed by atoms with van der Waals surface area (Å²) in [6.45, 7) is 8.48. The molecule has 0 aliphatic rings. The number of carboxylic acids is 1. The first-order valence-corrected chi connectivity index (χ1v) is 8.79. The Balaban J connectivity index is 2.56. The number of aromatic carboxylic acids is 1. The zero-order chi connectivity index (χ0) is 18.8. The maximum Gasteiger partial charge on any atom is 0.335 e. The van der Waals surface area contributed by atoms with E-state index in [1.807, 2.05) is 6.08 Å². The number of hydrogen-bond donors (Lipinski definition) is 2. The number of allylic oxidation sites excluding steroid dienone is 6. The summed E-state index contributed by atoms with van der Waals surface area (Å²) in [7, 11) is 0. The Kier molecular flexibility index (Phi) is 8.76. The van der Waals surface area contributed by atoms with E-state index in [0.717, 1.165) is 25.7 Å². The Bertz CT molecular complexity index is 675. The van der Waals surface area contributed by atoms with E-state index >= 15 is 0 Å². The van der Waals surface area contributed by atoms with Crippen LogP contribution in [0.15, 0.2) is 53.1 Å². The van der Waals surface area contributed by atoms with Gasteiger partial charge in [0.05, 0.1) is 5.56 Å². The summed E-state index contributed by atoms with van der Waals surface area (Å²) >= 11 is 0. The Hall–Kier alpha value is -2.29. The molecule has 0 heterocycles. The molecule has 2 N–H and O–H groups in total. The zero-order valence-electron chi connectivity index (χ0n) is 15.8. The van der Waals surface area contributed by atoms with Gasteiger partial charge in [-0.2, -0.15) is 0 Å². The molecule has 0 aliphatic heterocycles. The van der Waals surface area contributed by atoms with E-state index < -0.39 is 5.97 Å². The molecule has 0 radical (unpaired) electrons. The minimum absolute atomic E-state index is 0.0981. The summed E-state index contributed by atoms with van der Waals surface area (Å²) in [5.41, 5.74) is 4.89. The number of carbonyl (C=O) groups is 1. The van der Waals surface area contributed by atoms with Crippen LogP contribution in [-0.4, -0.2) is 16.2 Å². The first kappa shape index (κ1) is 20.8. The van der Waals surface area contributed by atoms with Crippen molar-refractivity contribution in [3.05, 3.63) is 64.3 Å². The van der Waals surface area contributed by atoms with Crippen LogP contribution in [0.5, 0.6) is 5.75 Å². The van der Waals surface area contributed by atoms with Gasteiger partial charge in [0.2, 0.25) is 0 Å². The number of aromatic hydroxyl groups is 1. The van der Waals surface area contributed by atoms with Crippen molar-refractivity contribution in [1.82, 2.24) is 0 Å². The molecule has 0 saturated heterocycles. The molecule has 25 heavy (non-hydrogen) atoms. The lowest BCUT2D eigenvalue weighted by Gasteiger charge is -2.06. The SMILES string of the molecule is CC(C)=CCCC(C)=CCCC(C)=CCc1cc(O)ccc1C(=O)O. The van der Waals surface area contributed by atoms with Crippen LogP contribution in [0, 0.1) is 0 Å². The molecule has 0 atom stereocenters. The van der Waals surface area contributed by atoms with Gasteiger partial charge in [-0.15, -0.1) is 0 Å². The highest BCUT2D eigenvalue weighted by Crippen LogP contribution is 2.19. The molecule has 0 saturated carbocycles. The molecule has 3 heteroatoms. The highest BCUT2D eigenvalue weighted by atomic mass is 16.4. The number of phenols is 1. The summed E-state index contributed by atoms with van der Waals surface area (Å²) in [6.07, 6.45) is 11.3. The third-order valence-electron chi connectivity index (χ3n) is 4.11. The lowest BCUT2D eigenvalue weighted by molar-refractivity contribution is 0.0696. The molecule has 0 bridgehead atoms. The van der Waals surface area contributed by atoms with Gasteiger partial charge in [0.1, 0.15) is 5.75 Å². The predicted molar refractivity (Wildman–Crippen MR) is 104 cm³/mol. The Labute approximate surface area is 151 Å². The summed E-state index contributed by atoms with van der Waals surface area (Å²) in [5.74, 6) is -0.864. The van der Waals surface area contributed by atoms with Gasteiger partial charge in [0, 0.05) is 0 Å². The van der Waals surface area contributed by atoms with Crippen molar-refractivity contribution in [2.45, 2.75) is 59.8 Å². The Morgan fingerprint density at radius 2 is 1.56 bits per heavy atom. The van der Waals surface area contributed by atoms with Crippen LogP contribution in [0.25, 0.3) is 0 Å². The van der Waals surface area contributed by atoms with Gasteiger partial charge in [0.25, 0.3) is 0 Å². The van der Waals surface area contributed by atoms with Gasteiger partial charge >= 0.3 is 5.97 Å². The largest absolute Gasteiger partial charge is 0.508 e. The highest BCUT2D eigenvalue weighted by molar-refractivity contribution is 5.89. The van der Waals surface area contributed by atoms with E-state index in [4.69, 9.17) is 0 Å². The maximum absolute atomic E-state index is 11.2. The first-order valence-electron chi connectivity index (χ1n) is 8.79. The lowest BCUT2D eigenvalue weighted by atomic mass is 10.0. The molecule has 0 fully saturated rings. The van der Waals surface area contributed by atoms with Crippen LogP contribution in [-0.2, 0) is 6.42 Å². The van der Waals surface area contributed by atoms with Crippen molar-refractivity contribution in [2.24, 2.45) is 0 Å². The number of hydrogen-bond acceptors (Lipinski definition) is 2. The molecule has 136 valence electrons. The van der Waals surface area contributed by atoms with Crippen LogP contribution in [0.4, 0.5) is 0 Å². The van der Waals surface area contributed by atoms with Crippen molar-refractivity contribution in [3.8, 4) is 5.75 Å². The average Bonchev–Trinajstić information content (AvgIpc) is 2.52. The van der Waals surface area contributed by atoms with Crippen molar-refractivity contribution < 1.29 is 15.0 Å². The fourth-order valence-corrected chi connectivity index (χ4v) is 2.58. The minimum Gasteiger partial charge on any atom is -0.508 e. The maximum atomic E-state index is 11.2. The summed E-state index contributed by atoms with van der Waals surface area (Å²) < 4.78 is 0. The molecule has 0 aromatic heterocycles. The van der Waals surface area contributed by atoms with Crippen molar-refractivity contribution in [3.63, 3.8) is 0 Å². The van der Waals surface area contributed by atoms with Crippen LogP contribution < -0.4 is 0 Å². The van der Waals surface area contributed by atoms with E-state index in [9.17, 15) is 15.0 Å². The lowest BCUT2D eigenvalue weighted by Crippen LogP contribution is -2.01. The van der Waals surface area contributed by atoms with Crippen molar-refractivity contribution >= 4 is 5.97 Å². The minimum atomic E-state index is -0.962. The van der Waals surface area contributed by atoms with E-state index in [-0.39, 0.29) is 11.3 Å². The molecule has 0 spiro atoms. The van der Waals surface area contributed by atoms with Gasteiger partial charge in [-0.05, 0) is 83.6 Å². The average molecular weight is 342 g/mol. The molecular formula is C22H30O3. The van der Waals surface area contributed by atoms with E-state index in [2.05, 4.69) is 39.8 Å². The molecule has 3 nitrogen and oxygen atoms in total. The molecule has 1 aromatic rings. The topological polar surface area (TPSA) is 57.5 Å². The van der Waals surface area contributed by atoms with Gasteiger partial charge < -0.3 is 10.2 Å². The fraction of sp³-hybridized carbons (Fsp3) is 0.409. The fourth-order valence-electron chi connectivity index (χ4n) is 2.58. The molecule has 0 amide bonds. The molecular weight excluding hydrogens is 312 g/mol. The van der Waals surface area contributed by atoms with Gasteiger partial charge in [-0.3, -0.25) is 0 Å². The molecule has 0 unspecified atom stereocenters. The van der Waals surface area contributed by atoms with Crippen molar-refractivity contribution in [1.29, 1.82) is 0 Å². The monoisotopic (exact) mass is 342 g/mol. The number of benzene rings is 1. The van der Waals surface area contributed by atoms with Crippen LogP contribution in [0.2, 0.25) is 0 Å². The first-order chi connectivity index (χ1) is 11.8. The Morgan fingerprint density at radius 1 is 0.960 bits per heavy atom. The number of rotatable bonds is 9. The normalized spacial score (nSPS) is 12.2. The smallest absolute Gasteiger partial charge is 0.335 e.